The summed E-state index contributed by atoms with van der Waals surface area (Å²) in [6.45, 7) is 7.65. The first-order valence-corrected chi connectivity index (χ1v) is 8.95. The minimum absolute atomic E-state index is 0.0364. The van der Waals surface area contributed by atoms with Gasteiger partial charge < -0.3 is 19.8 Å². The van der Waals surface area contributed by atoms with Crippen molar-refractivity contribution in [2.75, 3.05) is 20.7 Å². The summed E-state index contributed by atoms with van der Waals surface area (Å²) in [6.07, 6.45) is 3.78. The number of aryl methyl sites for hydroxylation is 1. The maximum atomic E-state index is 5.78. The van der Waals surface area contributed by atoms with Crippen LogP contribution in [0, 0.1) is 0 Å². The van der Waals surface area contributed by atoms with E-state index in [1.54, 1.807) is 20.4 Å². The first kappa shape index (κ1) is 19.8. The molecule has 0 fully saturated rings. The number of guanidine groups is 1. The average molecular weight is 358 g/mol. The second-order valence-electron chi connectivity index (χ2n) is 7.18. The van der Waals surface area contributed by atoms with Gasteiger partial charge in [0, 0.05) is 19.0 Å². The van der Waals surface area contributed by atoms with Crippen LogP contribution in [0.3, 0.4) is 0 Å². The van der Waals surface area contributed by atoms with Crippen LogP contribution in [0.2, 0.25) is 0 Å². The Morgan fingerprint density at radius 1 is 1.27 bits per heavy atom. The summed E-state index contributed by atoms with van der Waals surface area (Å²) in [6, 6.07) is 8.17. The lowest BCUT2D eigenvalue weighted by Crippen LogP contribution is -2.37. The van der Waals surface area contributed by atoms with Crippen LogP contribution in [0.5, 0.6) is 5.75 Å². The predicted octanol–water partition coefficient (Wildman–Crippen LogP) is 3.28. The number of hydrogen-bond acceptors (Lipinski definition) is 4. The van der Waals surface area contributed by atoms with Gasteiger partial charge in [-0.15, -0.1) is 0 Å². The summed E-state index contributed by atoms with van der Waals surface area (Å²) in [5.41, 5.74) is 1.23. The molecule has 0 aliphatic heterocycles. The molecule has 0 bridgehead atoms. The Hall–Kier alpha value is -2.50. The molecule has 6 nitrogen and oxygen atoms in total. The number of methoxy groups -OCH3 is 1. The summed E-state index contributed by atoms with van der Waals surface area (Å²) in [7, 11) is 3.45. The monoisotopic (exact) mass is 358 g/mol. The summed E-state index contributed by atoms with van der Waals surface area (Å²) < 4.78 is 11.0. The smallest absolute Gasteiger partial charge is 0.213 e. The van der Waals surface area contributed by atoms with Crippen LogP contribution in [0.4, 0.5) is 0 Å². The number of hydrogen-bond donors (Lipinski definition) is 2. The fourth-order valence-electron chi connectivity index (χ4n) is 2.45. The van der Waals surface area contributed by atoms with E-state index in [0.29, 0.717) is 12.4 Å². The molecule has 142 valence electrons. The van der Waals surface area contributed by atoms with E-state index in [-0.39, 0.29) is 5.41 Å². The molecule has 0 amide bonds. The van der Waals surface area contributed by atoms with Crippen LogP contribution < -0.4 is 15.4 Å². The lowest BCUT2D eigenvalue weighted by Gasteiger charge is -2.13. The van der Waals surface area contributed by atoms with E-state index < -0.39 is 0 Å². The fraction of sp³-hybridized carbons (Fsp3) is 0.500. The van der Waals surface area contributed by atoms with E-state index in [2.05, 4.69) is 53.5 Å². The van der Waals surface area contributed by atoms with Gasteiger partial charge in [0.2, 0.25) is 5.89 Å². The Balaban J connectivity index is 1.73. The van der Waals surface area contributed by atoms with Gasteiger partial charge in [-0.2, -0.15) is 0 Å². The summed E-state index contributed by atoms with van der Waals surface area (Å²) >= 11 is 0. The minimum Gasteiger partial charge on any atom is -0.497 e. The van der Waals surface area contributed by atoms with Crippen LogP contribution in [0.15, 0.2) is 39.9 Å². The lowest BCUT2D eigenvalue weighted by atomic mass is 9.94. The maximum Gasteiger partial charge on any atom is 0.213 e. The summed E-state index contributed by atoms with van der Waals surface area (Å²) in [5, 5.41) is 6.54. The first-order valence-electron chi connectivity index (χ1n) is 8.95. The van der Waals surface area contributed by atoms with Gasteiger partial charge in [-0.05, 0) is 30.5 Å². The zero-order valence-corrected chi connectivity index (χ0v) is 16.4. The van der Waals surface area contributed by atoms with Crippen molar-refractivity contribution in [3.8, 4) is 5.75 Å². The third-order valence-corrected chi connectivity index (χ3v) is 3.99. The highest BCUT2D eigenvalue weighted by Gasteiger charge is 2.19. The Morgan fingerprint density at radius 3 is 2.73 bits per heavy atom. The zero-order chi connectivity index (χ0) is 19.0. The molecule has 0 saturated carbocycles. The second-order valence-corrected chi connectivity index (χ2v) is 7.18. The van der Waals surface area contributed by atoms with Crippen molar-refractivity contribution < 1.29 is 9.15 Å². The first-order chi connectivity index (χ1) is 12.4. The number of nitrogens with one attached hydrogen (secondary N) is 2. The number of rotatable bonds is 7. The van der Waals surface area contributed by atoms with Crippen LogP contribution in [-0.2, 0) is 18.4 Å². The molecule has 2 aromatic rings. The molecule has 6 heteroatoms. The number of aliphatic imine (C=N–C) groups is 1. The molecule has 0 aliphatic rings. The van der Waals surface area contributed by atoms with Crippen LogP contribution in [0.25, 0.3) is 0 Å². The molecule has 0 radical (unpaired) electrons. The maximum absolute atomic E-state index is 5.78. The van der Waals surface area contributed by atoms with E-state index in [1.807, 2.05) is 12.1 Å². The number of nitrogens with zero attached hydrogens (tertiary/aromatic N) is 2. The van der Waals surface area contributed by atoms with Crippen molar-refractivity contribution in [2.45, 2.75) is 45.6 Å². The van der Waals surface area contributed by atoms with Crippen LogP contribution in [0.1, 0.15) is 44.4 Å². The molecule has 0 aliphatic carbocycles. The Labute approximate surface area is 156 Å². The molecule has 1 aromatic heterocycles. The number of oxazole rings is 1. The molecule has 2 N–H and O–H groups in total. The summed E-state index contributed by atoms with van der Waals surface area (Å²) in [4.78, 5) is 8.55. The van der Waals surface area contributed by atoms with Crippen molar-refractivity contribution in [2.24, 2.45) is 4.99 Å². The molecule has 1 heterocycles. The third kappa shape index (κ3) is 6.10. The normalized spacial score (nSPS) is 12.1. The van der Waals surface area contributed by atoms with Crippen LogP contribution in [-0.4, -0.2) is 31.6 Å². The molecule has 2 rings (SSSR count). The Morgan fingerprint density at radius 2 is 2.08 bits per heavy atom. The van der Waals surface area contributed by atoms with Crippen molar-refractivity contribution in [1.29, 1.82) is 0 Å². The van der Waals surface area contributed by atoms with Gasteiger partial charge in [-0.25, -0.2) is 4.98 Å². The van der Waals surface area contributed by atoms with Gasteiger partial charge in [0.1, 0.15) is 11.5 Å². The predicted molar refractivity (Wildman–Crippen MR) is 105 cm³/mol. The minimum atomic E-state index is -0.0364. The lowest BCUT2D eigenvalue weighted by molar-refractivity contribution is 0.379. The number of ether oxygens (including phenoxy) is 1. The van der Waals surface area contributed by atoms with Crippen molar-refractivity contribution >= 4 is 5.96 Å². The molecular formula is C20H30N4O2. The largest absolute Gasteiger partial charge is 0.497 e. The highest BCUT2D eigenvalue weighted by molar-refractivity contribution is 5.79. The number of aromatic nitrogens is 1. The zero-order valence-electron chi connectivity index (χ0n) is 16.4. The quantitative estimate of drug-likeness (QED) is 0.451. The fourth-order valence-corrected chi connectivity index (χ4v) is 2.45. The highest BCUT2D eigenvalue weighted by atomic mass is 16.5. The van der Waals surface area contributed by atoms with Gasteiger partial charge in [0.05, 0.1) is 19.9 Å². The van der Waals surface area contributed by atoms with Crippen molar-refractivity contribution in [3.05, 3.63) is 47.7 Å². The molecule has 26 heavy (non-hydrogen) atoms. The van der Waals surface area contributed by atoms with Crippen molar-refractivity contribution in [1.82, 2.24) is 15.6 Å². The van der Waals surface area contributed by atoms with Gasteiger partial charge in [-0.1, -0.05) is 32.9 Å². The van der Waals surface area contributed by atoms with Gasteiger partial charge in [-0.3, -0.25) is 4.99 Å². The van der Waals surface area contributed by atoms with Gasteiger partial charge in [0.15, 0.2) is 5.96 Å². The molecule has 0 atom stereocenters. The van der Waals surface area contributed by atoms with E-state index in [1.165, 1.54) is 5.56 Å². The molecule has 0 unspecified atom stereocenters. The van der Waals surface area contributed by atoms with Crippen molar-refractivity contribution in [3.63, 3.8) is 0 Å². The highest BCUT2D eigenvalue weighted by Crippen LogP contribution is 2.22. The van der Waals surface area contributed by atoms with E-state index in [9.17, 15) is 0 Å². The number of benzene rings is 1. The molecule has 0 saturated heterocycles. The standard InChI is InChI=1S/C20H30N4O2/c1-20(2,3)17-13-23-18(26-17)14-24-19(21-4)22-11-7-9-15-8-6-10-16(12-15)25-5/h6,8,10,12-13H,7,9,11,14H2,1-5H3,(H2,21,22,24). The van der Waals surface area contributed by atoms with E-state index >= 15 is 0 Å². The SMILES string of the molecule is CN=C(NCCCc1cccc(OC)c1)NCc1ncc(C(C)(C)C)o1. The van der Waals surface area contributed by atoms with Crippen LogP contribution >= 0.6 is 0 Å². The average Bonchev–Trinajstić information content (AvgIpc) is 3.11. The second kappa shape index (κ2) is 9.27. The van der Waals surface area contributed by atoms with Gasteiger partial charge >= 0.3 is 0 Å². The Bertz CT molecular complexity index is 717. The molecular weight excluding hydrogens is 328 g/mol. The topological polar surface area (TPSA) is 71.7 Å². The van der Waals surface area contributed by atoms with E-state index in [0.717, 1.165) is 36.9 Å². The third-order valence-electron chi connectivity index (χ3n) is 3.99. The van der Waals surface area contributed by atoms with E-state index in [4.69, 9.17) is 9.15 Å². The molecule has 1 aromatic carbocycles. The Kier molecular flexibility index (Phi) is 7.06. The summed E-state index contributed by atoms with van der Waals surface area (Å²) in [5.74, 6) is 3.18. The molecule has 0 spiro atoms. The van der Waals surface area contributed by atoms with Gasteiger partial charge in [0.25, 0.3) is 0 Å².